The number of nitrogens with zero attached hydrogens (tertiary/aromatic N) is 3. The van der Waals surface area contributed by atoms with Gasteiger partial charge in [0.15, 0.2) is 5.69 Å². The largest absolute Gasteiger partial charge is 0.350 e. The Bertz CT molecular complexity index is 1060. The average molecular weight is 487 g/mol. The Kier molecular flexibility index (Phi) is 7.65. The molecule has 0 spiro atoms. The summed E-state index contributed by atoms with van der Waals surface area (Å²) in [7, 11) is -3.00. The van der Waals surface area contributed by atoms with E-state index in [1.165, 1.54) is 6.26 Å². The van der Waals surface area contributed by atoms with Crippen LogP contribution < -0.4 is 5.32 Å². The number of hydrogen-bond acceptors (Lipinski definition) is 5. The number of amides is 1. The summed E-state index contributed by atoms with van der Waals surface area (Å²) < 4.78 is 25.1. The molecule has 7 nitrogen and oxygen atoms in total. The molecular formula is C21H28Cl2N4O3S. The van der Waals surface area contributed by atoms with E-state index in [0.717, 1.165) is 30.4 Å². The van der Waals surface area contributed by atoms with E-state index >= 15 is 0 Å². The van der Waals surface area contributed by atoms with Crippen molar-refractivity contribution in [3.63, 3.8) is 0 Å². The van der Waals surface area contributed by atoms with Crippen LogP contribution >= 0.6 is 23.2 Å². The van der Waals surface area contributed by atoms with E-state index in [1.54, 1.807) is 16.9 Å². The first-order valence-electron chi connectivity index (χ1n) is 10.5. The molecule has 3 rings (SSSR count). The van der Waals surface area contributed by atoms with Gasteiger partial charge in [-0.1, -0.05) is 30.1 Å². The third-order valence-corrected chi connectivity index (χ3v) is 8.20. The molecule has 0 saturated heterocycles. The molecule has 0 aliphatic heterocycles. The predicted octanol–water partition coefficient (Wildman–Crippen LogP) is 4.17. The summed E-state index contributed by atoms with van der Waals surface area (Å²) in [5.74, 6) is -0.0794. The van der Waals surface area contributed by atoms with Crippen LogP contribution in [0.4, 0.5) is 0 Å². The number of carbonyl (C=O) groups excluding carboxylic acids is 1. The molecule has 0 aromatic carbocycles. The molecule has 2 heterocycles. The number of pyridine rings is 1. The fourth-order valence-electron chi connectivity index (χ4n) is 4.13. The normalized spacial score (nSPS) is 19.4. The lowest BCUT2D eigenvalue weighted by molar-refractivity contribution is 0.0938. The third-order valence-electron chi connectivity index (χ3n) is 5.95. The smallest absolute Gasteiger partial charge is 0.273 e. The standard InChI is InChI=1S/C21H28Cl2N4O3S/c1-4-14-10-17(22)24-12-16(14)20-18(23)19(26-27(20)5-2)21(28)25-11-13-6-8-15(9-7-13)31(3,29)30/h10,12-13,15H,4-9,11H2,1-3H3,(H,25,28). The minimum Gasteiger partial charge on any atom is -0.350 e. The molecule has 1 saturated carbocycles. The highest BCUT2D eigenvalue weighted by atomic mass is 35.5. The number of carbonyl (C=O) groups is 1. The predicted molar refractivity (Wildman–Crippen MR) is 123 cm³/mol. The van der Waals surface area contributed by atoms with Crippen LogP contribution in [-0.2, 0) is 22.8 Å². The Hall–Kier alpha value is -1.64. The van der Waals surface area contributed by atoms with Crippen molar-refractivity contribution in [1.29, 1.82) is 0 Å². The number of aromatic nitrogens is 3. The molecular weight excluding hydrogens is 459 g/mol. The van der Waals surface area contributed by atoms with E-state index in [4.69, 9.17) is 23.2 Å². The van der Waals surface area contributed by atoms with Crippen molar-refractivity contribution < 1.29 is 13.2 Å². The molecule has 1 aliphatic carbocycles. The van der Waals surface area contributed by atoms with Crippen LogP contribution in [0, 0.1) is 5.92 Å². The molecule has 0 radical (unpaired) electrons. The molecule has 0 unspecified atom stereocenters. The summed E-state index contributed by atoms with van der Waals surface area (Å²) in [5, 5.41) is 7.80. The zero-order valence-corrected chi connectivity index (χ0v) is 20.3. The second kappa shape index (κ2) is 9.88. The molecule has 31 heavy (non-hydrogen) atoms. The van der Waals surface area contributed by atoms with Crippen LogP contribution in [0.5, 0.6) is 0 Å². The Morgan fingerprint density at radius 3 is 2.48 bits per heavy atom. The van der Waals surface area contributed by atoms with Gasteiger partial charge in [-0.25, -0.2) is 13.4 Å². The Labute approximate surface area is 193 Å². The molecule has 1 fully saturated rings. The van der Waals surface area contributed by atoms with Gasteiger partial charge in [-0.15, -0.1) is 0 Å². The summed E-state index contributed by atoms with van der Waals surface area (Å²) in [6.45, 7) is 4.97. The quantitative estimate of drug-likeness (QED) is 0.592. The minimum absolute atomic E-state index is 0.181. The Morgan fingerprint density at radius 2 is 1.90 bits per heavy atom. The Balaban J connectivity index is 1.75. The second-order valence-corrected chi connectivity index (χ2v) is 11.1. The molecule has 2 aromatic heterocycles. The first-order valence-corrected chi connectivity index (χ1v) is 13.2. The number of halogens is 2. The van der Waals surface area contributed by atoms with Gasteiger partial charge in [-0.3, -0.25) is 9.48 Å². The van der Waals surface area contributed by atoms with Crippen molar-refractivity contribution in [2.24, 2.45) is 5.92 Å². The molecule has 0 bridgehead atoms. The van der Waals surface area contributed by atoms with E-state index in [0.29, 0.717) is 41.8 Å². The van der Waals surface area contributed by atoms with Crippen LogP contribution in [-0.4, -0.2) is 47.1 Å². The van der Waals surface area contributed by atoms with E-state index in [1.807, 2.05) is 13.8 Å². The first-order chi connectivity index (χ1) is 14.7. The van der Waals surface area contributed by atoms with Crippen LogP contribution in [0.1, 0.15) is 55.6 Å². The van der Waals surface area contributed by atoms with Gasteiger partial charge >= 0.3 is 0 Å². The molecule has 1 amide bonds. The third kappa shape index (κ3) is 5.41. The lowest BCUT2D eigenvalue weighted by Gasteiger charge is -2.27. The maximum absolute atomic E-state index is 12.8. The fraction of sp³-hybridized carbons (Fsp3) is 0.571. The number of hydrogen-bond donors (Lipinski definition) is 1. The second-order valence-electron chi connectivity index (χ2n) is 8.03. The van der Waals surface area contributed by atoms with Gasteiger partial charge in [0.1, 0.15) is 15.0 Å². The highest BCUT2D eigenvalue weighted by Gasteiger charge is 2.29. The van der Waals surface area contributed by atoms with Crippen LogP contribution in [0.2, 0.25) is 10.2 Å². The summed E-state index contributed by atoms with van der Waals surface area (Å²) >= 11 is 12.7. The van der Waals surface area contributed by atoms with Crippen LogP contribution in [0.25, 0.3) is 11.3 Å². The first kappa shape index (κ1) is 24.0. The summed E-state index contributed by atoms with van der Waals surface area (Å²) in [6.07, 6.45) is 6.52. The van der Waals surface area contributed by atoms with Gasteiger partial charge in [0, 0.05) is 31.1 Å². The monoisotopic (exact) mass is 486 g/mol. The van der Waals surface area contributed by atoms with Crippen molar-refractivity contribution in [2.45, 2.75) is 57.7 Å². The molecule has 10 heteroatoms. The summed E-state index contributed by atoms with van der Waals surface area (Å²) in [6, 6.07) is 1.80. The van der Waals surface area contributed by atoms with Gasteiger partial charge in [-0.05, 0) is 56.6 Å². The van der Waals surface area contributed by atoms with Crippen molar-refractivity contribution >= 4 is 38.9 Å². The van der Waals surface area contributed by atoms with E-state index in [9.17, 15) is 13.2 Å². The maximum atomic E-state index is 12.8. The number of sulfone groups is 1. The number of nitrogens with one attached hydrogen (secondary N) is 1. The highest BCUT2D eigenvalue weighted by Crippen LogP contribution is 2.34. The lowest BCUT2D eigenvalue weighted by Crippen LogP contribution is -2.34. The Morgan fingerprint density at radius 1 is 1.23 bits per heavy atom. The van der Waals surface area contributed by atoms with Crippen molar-refractivity contribution in [3.05, 3.63) is 33.7 Å². The van der Waals surface area contributed by atoms with Gasteiger partial charge in [0.25, 0.3) is 5.91 Å². The minimum atomic E-state index is -3.00. The topological polar surface area (TPSA) is 93.9 Å². The van der Waals surface area contributed by atoms with Crippen molar-refractivity contribution in [3.8, 4) is 11.3 Å². The summed E-state index contributed by atoms with van der Waals surface area (Å²) in [5.41, 5.74) is 2.62. The maximum Gasteiger partial charge on any atom is 0.273 e. The number of rotatable bonds is 7. The van der Waals surface area contributed by atoms with Gasteiger partial charge in [0.2, 0.25) is 0 Å². The summed E-state index contributed by atoms with van der Waals surface area (Å²) in [4.78, 5) is 17.0. The van der Waals surface area contributed by atoms with Crippen LogP contribution in [0.3, 0.4) is 0 Å². The SMILES string of the molecule is CCc1cc(Cl)ncc1-c1c(Cl)c(C(=O)NCC2CCC(S(C)(=O)=O)CC2)nn1CC. The zero-order valence-electron chi connectivity index (χ0n) is 18.0. The van der Waals surface area contributed by atoms with E-state index < -0.39 is 9.84 Å². The van der Waals surface area contributed by atoms with Crippen LogP contribution in [0.15, 0.2) is 12.3 Å². The molecule has 170 valence electrons. The molecule has 1 aliphatic rings. The molecule has 2 aromatic rings. The number of aryl methyl sites for hydroxylation is 2. The highest BCUT2D eigenvalue weighted by molar-refractivity contribution is 7.91. The lowest BCUT2D eigenvalue weighted by atomic mass is 9.89. The van der Waals surface area contributed by atoms with Gasteiger partial charge < -0.3 is 5.32 Å². The van der Waals surface area contributed by atoms with Gasteiger partial charge in [-0.2, -0.15) is 5.10 Å². The van der Waals surface area contributed by atoms with E-state index in [2.05, 4.69) is 15.4 Å². The van der Waals surface area contributed by atoms with Crippen molar-refractivity contribution in [2.75, 3.05) is 12.8 Å². The zero-order chi connectivity index (χ0) is 22.8. The fourth-order valence-corrected chi connectivity index (χ4v) is 5.76. The van der Waals surface area contributed by atoms with E-state index in [-0.39, 0.29) is 22.8 Å². The average Bonchev–Trinajstić information content (AvgIpc) is 3.07. The van der Waals surface area contributed by atoms with Gasteiger partial charge in [0.05, 0.1) is 16.0 Å². The molecule has 1 N–H and O–H groups in total. The molecule has 0 atom stereocenters. The van der Waals surface area contributed by atoms with Crippen molar-refractivity contribution in [1.82, 2.24) is 20.1 Å².